The normalized spacial score (nSPS) is 11.4. The molecule has 0 aliphatic heterocycles. The molecule has 1 unspecified atom stereocenters. The van der Waals surface area contributed by atoms with Gasteiger partial charge in [-0.1, -0.05) is 42.5 Å². The van der Waals surface area contributed by atoms with Crippen molar-refractivity contribution in [2.24, 2.45) is 5.73 Å². The lowest BCUT2D eigenvalue weighted by atomic mass is 9.99. The topological polar surface area (TPSA) is 100 Å². The van der Waals surface area contributed by atoms with E-state index in [0.29, 0.717) is 6.42 Å². The molecule has 0 saturated carbocycles. The van der Waals surface area contributed by atoms with E-state index in [4.69, 9.17) is 10.5 Å². The third-order valence-corrected chi connectivity index (χ3v) is 5.14. The molecule has 0 fully saturated rings. The molecular formula is C20H23N3O2S. The van der Waals surface area contributed by atoms with Crippen molar-refractivity contribution in [2.75, 3.05) is 7.11 Å². The molecule has 1 atom stereocenters. The van der Waals surface area contributed by atoms with Crippen molar-refractivity contribution in [3.05, 3.63) is 81.8 Å². The quantitative estimate of drug-likeness (QED) is 0.663. The number of thiazole rings is 1. The summed E-state index contributed by atoms with van der Waals surface area (Å²) in [5, 5.41) is 0.778. The minimum Gasteiger partial charge on any atom is -0.497 e. The van der Waals surface area contributed by atoms with Gasteiger partial charge in [-0.3, -0.25) is 4.79 Å². The van der Waals surface area contributed by atoms with Gasteiger partial charge in [-0.25, -0.2) is 4.98 Å². The van der Waals surface area contributed by atoms with E-state index >= 15 is 0 Å². The summed E-state index contributed by atoms with van der Waals surface area (Å²) in [5.74, 6) is 0.108. The molecule has 0 bridgehead atoms. The molecule has 0 aliphatic carbocycles. The first-order chi connectivity index (χ1) is 12.2. The van der Waals surface area contributed by atoms with Crippen LogP contribution < -0.4 is 16.6 Å². The van der Waals surface area contributed by atoms with E-state index in [2.05, 4.69) is 4.98 Å². The zero-order valence-corrected chi connectivity index (χ0v) is 15.5. The number of amides is 1. The van der Waals surface area contributed by atoms with Crippen molar-refractivity contribution in [1.29, 1.82) is 0 Å². The SMILES string of the molecule is COc1ccc(Cc2cnc(C(Cc3ccccc3)C(N)=O)s2)cc1.N. The van der Waals surface area contributed by atoms with Gasteiger partial charge in [0.2, 0.25) is 5.91 Å². The highest BCUT2D eigenvalue weighted by Gasteiger charge is 2.22. The summed E-state index contributed by atoms with van der Waals surface area (Å²) in [6.45, 7) is 0. The van der Waals surface area contributed by atoms with Crippen molar-refractivity contribution in [1.82, 2.24) is 11.1 Å². The average Bonchev–Trinajstić information content (AvgIpc) is 3.09. The Morgan fingerprint density at radius 2 is 1.81 bits per heavy atom. The van der Waals surface area contributed by atoms with Gasteiger partial charge in [0.25, 0.3) is 0 Å². The largest absolute Gasteiger partial charge is 0.497 e. The Labute approximate surface area is 157 Å². The molecule has 136 valence electrons. The molecule has 5 N–H and O–H groups in total. The highest BCUT2D eigenvalue weighted by molar-refractivity contribution is 7.11. The third-order valence-electron chi connectivity index (χ3n) is 4.03. The van der Waals surface area contributed by atoms with Crippen LogP contribution in [0.1, 0.15) is 26.9 Å². The van der Waals surface area contributed by atoms with Crippen LogP contribution in [-0.2, 0) is 17.6 Å². The van der Waals surface area contributed by atoms with E-state index in [1.807, 2.05) is 60.8 Å². The predicted octanol–water partition coefficient (Wildman–Crippen LogP) is 3.72. The first kappa shape index (κ1) is 19.6. The Hall–Kier alpha value is -2.70. The zero-order chi connectivity index (χ0) is 17.6. The van der Waals surface area contributed by atoms with Crippen molar-refractivity contribution < 1.29 is 9.53 Å². The lowest BCUT2D eigenvalue weighted by Gasteiger charge is -2.10. The number of nitrogens with two attached hydrogens (primary N) is 1. The van der Waals surface area contributed by atoms with Crippen LogP contribution in [0.5, 0.6) is 5.75 Å². The smallest absolute Gasteiger partial charge is 0.227 e. The molecule has 2 aromatic carbocycles. The van der Waals surface area contributed by atoms with Crippen LogP contribution in [-0.4, -0.2) is 18.0 Å². The standard InChI is InChI=1S/C20H20N2O2S.H3N/c1-24-16-9-7-15(8-10-16)11-17-13-22-20(25-17)18(19(21)23)12-14-5-3-2-4-6-14;/h2-10,13,18H,11-12H2,1H3,(H2,21,23);1H3. The highest BCUT2D eigenvalue weighted by atomic mass is 32.1. The number of hydrogen-bond acceptors (Lipinski definition) is 5. The molecule has 5 nitrogen and oxygen atoms in total. The van der Waals surface area contributed by atoms with Crippen molar-refractivity contribution in [3.8, 4) is 5.75 Å². The summed E-state index contributed by atoms with van der Waals surface area (Å²) in [6, 6.07) is 17.8. The zero-order valence-electron chi connectivity index (χ0n) is 14.7. The Morgan fingerprint density at radius 1 is 1.12 bits per heavy atom. The van der Waals surface area contributed by atoms with Gasteiger partial charge in [0.05, 0.1) is 13.0 Å². The van der Waals surface area contributed by atoms with E-state index in [1.54, 1.807) is 18.4 Å². The van der Waals surface area contributed by atoms with Gasteiger partial charge in [0, 0.05) is 17.5 Å². The number of carbonyl (C=O) groups is 1. The molecule has 3 aromatic rings. The maximum atomic E-state index is 11.9. The number of aromatic nitrogens is 1. The van der Waals surface area contributed by atoms with Crippen LogP contribution in [0.15, 0.2) is 60.8 Å². The van der Waals surface area contributed by atoms with Crippen LogP contribution in [0.25, 0.3) is 0 Å². The maximum Gasteiger partial charge on any atom is 0.227 e. The predicted molar refractivity (Wildman–Crippen MR) is 105 cm³/mol. The summed E-state index contributed by atoms with van der Waals surface area (Å²) >= 11 is 1.55. The van der Waals surface area contributed by atoms with Crippen LogP contribution in [0, 0.1) is 0 Å². The minimum atomic E-state index is -0.392. The highest BCUT2D eigenvalue weighted by Crippen LogP contribution is 2.27. The van der Waals surface area contributed by atoms with Gasteiger partial charge < -0.3 is 16.6 Å². The molecule has 26 heavy (non-hydrogen) atoms. The maximum absolute atomic E-state index is 11.9. The van der Waals surface area contributed by atoms with Crippen LogP contribution in [0.4, 0.5) is 0 Å². The first-order valence-electron chi connectivity index (χ1n) is 8.06. The van der Waals surface area contributed by atoms with Gasteiger partial charge in [-0.2, -0.15) is 0 Å². The molecule has 0 saturated heterocycles. The number of nitrogens with zero attached hydrogens (tertiary/aromatic N) is 1. The van der Waals surface area contributed by atoms with Gasteiger partial charge in [0.15, 0.2) is 0 Å². The number of benzene rings is 2. The second kappa shape index (κ2) is 9.12. The average molecular weight is 369 g/mol. The van der Waals surface area contributed by atoms with E-state index in [0.717, 1.165) is 27.6 Å². The van der Waals surface area contributed by atoms with Crippen LogP contribution >= 0.6 is 11.3 Å². The molecule has 1 amide bonds. The van der Waals surface area contributed by atoms with Crippen molar-refractivity contribution in [2.45, 2.75) is 18.8 Å². The minimum absolute atomic E-state index is 0. The molecule has 0 spiro atoms. The number of hydrogen-bond donors (Lipinski definition) is 2. The summed E-state index contributed by atoms with van der Waals surface area (Å²) in [6.07, 6.45) is 3.19. The molecule has 1 aromatic heterocycles. The fraction of sp³-hybridized carbons (Fsp3) is 0.200. The van der Waals surface area contributed by atoms with Crippen LogP contribution in [0.2, 0.25) is 0 Å². The first-order valence-corrected chi connectivity index (χ1v) is 8.88. The Bertz CT molecular complexity index is 832. The van der Waals surface area contributed by atoms with Gasteiger partial charge in [-0.15, -0.1) is 11.3 Å². The van der Waals surface area contributed by atoms with E-state index in [1.165, 1.54) is 5.56 Å². The number of carbonyl (C=O) groups excluding carboxylic acids is 1. The summed E-state index contributed by atoms with van der Waals surface area (Å²) in [4.78, 5) is 17.5. The van der Waals surface area contributed by atoms with Crippen molar-refractivity contribution >= 4 is 17.2 Å². The Kier molecular flexibility index (Phi) is 6.89. The fourth-order valence-corrected chi connectivity index (χ4v) is 3.73. The number of methoxy groups -OCH3 is 1. The third kappa shape index (κ3) is 4.91. The Morgan fingerprint density at radius 3 is 2.42 bits per heavy atom. The Balaban J connectivity index is 0.00000243. The second-order valence-corrected chi connectivity index (χ2v) is 6.98. The monoisotopic (exact) mass is 369 g/mol. The molecule has 3 rings (SSSR count). The molecule has 1 heterocycles. The summed E-state index contributed by atoms with van der Waals surface area (Å²) in [5.41, 5.74) is 7.88. The van der Waals surface area contributed by atoms with Gasteiger partial charge >= 0.3 is 0 Å². The number of primary amides is 1. The summed E-state index contributed by atoms with van der Waals surface area (Å²) in [7, 11) is 1.65. The fourth-order valence-electron chi connectivity index (χ4n) is 2.67. The lowest BCUT2D eigenvalue weighted by Crippen LogP contribution is -2.23. The van der Waals surface area contributed by atoms with Gasteiger partial charge in [-0.05, 0) is 29.7 Å². The molecule has 0 aliphatic rings. The van der Waals surface area contributed by atoms with E-state index in [9.17, 15) is 4.79 Å². The van der Waals surface area contributed by atoms with Crippen molar-refractivity contribution in [3.63, 3.8) is 0 Å². The summed E-state index contributed by atoms with van der Waals surface area (Å²) < 4.78 is 5.18. The van der Waals surface area contributed by atoms with E-state index in [-0.39, 0.29) is 12.1 Å². The molecule has 0 radical (unpaired) electrons. The second-order valence-electron chi connectivity index (χ2n) is 5.83. The van der Waals surface area contributed by atoms with Gasteiger partial charge in [0.1, 0.15) is 10.8 Å². The van der Waals surface area contributed by atoms with E-state index < -0.39 is 5.92 Å². The number of rotatable bonds is 7. The number of ether oxygens (including phenoxy) is 1. The lowest BCUT2D eigenvalue weighted by molar-refractivity contribution is -0.119. The molecule has 6 heteroatoms. The van der Waals surface area contributed by atoms with Crippen LogP contribution in [0.3, 0.4) is 0 Å². The molecular weight excluding hydrogens is 346 g/mol.